The molecule has 1 aliphatic rings. The fraction of sp³-hybridized carbons (Fsp3) is 0.300. The lowest BCUT2D eigenvalue weighted by Gasteiger charge is -2.33. The molecule has 3 heterocycles. The molecule has 1 saturated heterocycles. The lowest BCUT2D eigenvalue weighted by Crippen LogP contribution is -2.50. The van der Waals surface area contributed by atoms with Crippen LogP contribution in [-0.2, 0) is 10.0 Å². The molecule has 0 saturated carbocycles. The number of hydrogen-bond acceptors (Lipinski definition) is 6. The summed E-state index contributed by atoms with van der Waals surface area (Å²) in [6.07, 6.45) is 0. The third-order valence-electron chi connectivity index (χ3n) is 5.21. The van der Waals surface area contributed by atoms with E-state index in [0.29, 0.717) is 15.5 Å². The number of amides is 1. The summed E-state index contributed by atoms with van der Waals surface area (Å²) in [7, 11) is -0.184. The SMILES string of the molecule is CN(C)C(=N)c1csc(C(=O)N2CCN(S(=O)(=O)c3cc4ccc(Cl)cc4s3)CC2)c1Cl. The molecule has 2 aromatic heterocycles. The topological polar surface area (TPSA) is 84.8 Å². The Labute approximate surface area is 204 Å². The van der Waals surface area contributed by atoms with Crippen molar-refractivity contribution in [2.24, 2.45) is 0 Å². The van der Waals surface area contributed by atoms with Gasteiger partial charge in [0.05, 0.1) is 5.02 Å². The smallest absolute Gasteiger partial charge is 0.265 e. The zero-order valence-corrected chi connectivity index (χ0v) is 21.2. The van der Waals surface area contributed by atoms with Crippen molar-refractivity contribution in [1.82, 2.24) is 14.1 Å². The number of fused-ring (bicyclic) bond motifs is 1. The number of sulfonamides is 1. The second kappa shape index (κ2) is 8.92. The van der Waals surface area contributed by atoms with Crippen LogP contribution in [0, 0.1) is 5.41 Å². The molecule has 0 atom stereocenters. The molecular formula is C20H20Cl2N4O3S3. The number of nitrogens with zero attached hydrogens (tertiary/aromatic N) is 3. The van der Waals surface area contributed by atoms with Crippen molar-refractivity contribution < 1.29 is 13.2 Å². The Kier molecular flexibility index (Phi) is 6.54. The Morgan fingerprint density at radius 2 is 1.81 bits per heavy atom. The number of carbonyl (C=O) groups is 1. The van der Waals surface area contributed by atoms with E-state index in [0.717, 1.165) is 10.1 Å². The summed E-state index contributed by atoms with van der Waals surface area (Å²) in [6, 6.07) is 6.96. The molecule has 1 fully saturated rings. The van der Waals surface area contributed by atoms with E-state index >= 15 is 0 Å². The van der Waals surface area contributed by atoms with Crippen LogP contribution in [0.15, 0.2) is 33.9 Å². The summed E-state index contributed by atoms with van der Waals surface area (Å²) in [5.41, 5.74) is 0.510. The number of thiophene rings is 2. The van der Waals surface area contributed by atoms with Crippen LogP contribution in [0.2, 0.25) is 10.0 Å². The predicted octanol–water partition coefficient (Wildman–Crippen LogP) is 4.30. The quantitative estimate of drug-likeness (QED) is 0.402. The van der Waals surface area contributed by atoms with Crippen LogP contribution in [0.3, 0.4) is 0 Å². The molecule has 170 valence electrons. The van der Waals surface area contributed by atoms with Gasteiger partial charge in [-0.3, -0.25) is 10.2 Å². The molecule has 0 bridgehead atoms. The number of benzene rings is 1. The van der Waals surface area contributed by atoms with Crippen molar-refractivity contribution >= 4 is 77.7 Å². The first-order chi connectivity index (χ1) is 15.1. The van der Waals surface area contributed by atoms with Gasteiger partial charge >= 0.3 is 0 Å². The number of amidine groups is 1. The van der Waals surface area contributed by atoms with E-state index in [1.807, 2.05) is 0 Å². The van der Waals surface area contributed by atoms with E-state index in [-0.39, 0.29) is 47.2 Å². The fourth-order valence-corrected chi connectivity index (χ4v) is 7.98. The predicted molar refractivity (Wildman–Crippen MR) is 131 cm³/mol. The lowest BCUT2D eigenvalue weighted by molar-refractivity contribution is 0.0703. The fourth-order valence-electron chi connectivity index (χ4n) is 3.40. The van der Waals surface area contributed by atoms with Gasteiger partial charge in [0.15, 0.2) is 0 Å². The molecule has 32 heavy (non-hydrogen) atoms. The zero-order chi connectivity index (χ0) is 23.2. The van der Waals surface area contributed by atoms with Crippen LogP contribution in [0.4, 0.5) is 0 Å². The summed E-state index contributed by atoms with van der Waals surface area (Å²) in [4.78, 5) is 16.6. The van der Waals surface area contributed by atoms with Crippen molar-refractivity contribution in [3.63, 3.8) is 0 Å². The number of rotatable bonds is 4. The van der Waals surface area contributed by atoms with Crippen molar-refractivity contribution in [2.75, 3.05) is 40.3 Å². The van der Waals surface area contributed by atoms with Crippen LogP contribution >= 0.6 is 45.9 Å². The Morgan fingerprint density at radius 3 is 2.47 bits per heavy atom. The minimum absolute atomic E-state index is 0.201. The summed E-state index contributed by atoms with van der Waals surface area (Å²) in [5, 5.41) is 11.5. The zero-order valence-electron chi connectivity index (χ0n) is 17.3. The van der Waals surface area contributed by atoms with Crippen LogP contribution in [0.1, 0.15) is 15.2 Å². The summed E-state index contributed by atoms with van der Waals surface area (Å²) >= 11 is 14.8. The molecule has 12 heteroatoms. The molecule has 1 aliphatic heterocycles. The second-order valence-electron chi connectivity index (χ2n) is 7.48. The molecule has 7 nitrogen and oxygen atoms in total. The Morgan fingerprint density at radius 1 is 1.12 bits per heavy atom. The summed E-state index contributed by atoms with van der Waals surface area (Å²) in [6.45, 7) is 0.936. The Bertz CT molecular complexity index is 1310. The monoisotopic (exact) mass is 530 g/mol. The first-order valence-corrected chi connectivity index (χ1v) is 13.5. The largest absolute Gasteiger partial charge is 0.363 e. The van der Waals surface area contributed by atoms with Gasteiger partial charge in [-0.2, -0.15) is 4.31 Å². The van der Waals surface area contributed by atoms with Crippen molar-refractivity contribution in [3.05, 3.63) is 50.1 Å². The van der Waals surface area contributed by atoms with Gasteiger partial charge in [-0.15, -0.1) is 22.7 Å². The maximum atomic E-state index is 13.1. The molecular weight excluding hydrogens is 511 g/mol. The molecule has 0 radical (unpaired) electrons. The molecule has 3 aromatic rings. The van der Waals surface area contributed by atoms with Gasteiger partial charge in [0.25, 0.3) is 15.9 Å². The highest BCUT2D eigenvalue weighted by Gasteiger charge is 2.33. The van der Waals surface area contributed by atoms with Crippen LogP contribution < -0.4 is 0 Å². The van der Waals surface area contributed by atoms with Crippen molar-refractivity contribution in [2.45, 2.75) is 4.21 Å². The normalized spacial score (nSPS) is 15.3. The minimum atomic E-state index is -3.66. The van der Waals surface area contributed by atoms with Crippen LogP contribution in [0.5, 0.6) is 0 Å². The van der Waals surface area contributed by atoms with Crippen molar-refractivity contribution in [3.8, 4) is 0 Å². The third-order valence-corrected chi connectivity index (χ3v) is 10.4. The molecule has 4 rings (SSSR count). The van der Waals surface area contributed by atoms with E-state index in [2.05, 4.69) is 0 Å². The number of nitrogens with one attached hydrogen (secondary N) is 1. The number of carbonyl (C=O) groups excluding carboxylic acids is 1. The number of hydrogen-bond donors (Lipinski definition) is 1. The summed E-state index contributed by atoms with van der Waals surface area (Å²) < 4.78 is 28.8. The Balaban J connectivity index is 1.48. The number of piperazine rings is 1. The standard InChI is InChI=1S/C20H20Cl2N4O3S3/c1-24(2)19(23)14-11-30-18(17(14)22)20(27)25-5-7-26(8-6-25)32(28,29)16-9-12-3-4-13(21)10-15(12)31-16/h3-4,9-11,23H,5-8H2,1-2H3. The third kappa shape index (κ3) is 4.27. The van der Waals surface area contributed by atoms with Crippen LogP contribution in [0.25, 0.3) is 10.1 Å². The highest BCUT2D eigenvalue weighted by Crippen LogP contribution is 2.34. The summed E-state index contributed by atoms with van der Waals surface area (Å²) in [5.74, 6) is -0.0165. The van der Waals surface area contributed by atoms with Gasteiger partial charge in [-0.05, 0) is 23.6 Å². The number of halogens is 2. The van der Waals surface area contributed by atoms with Gasteiger partial charge in [-0.1, -0.05) is 29.3 Å². The molecule has 0 unspecified atom stereocenters. The van der Waals surface area contributed by atoms with Gasteiger partial charge in [-0.25, -0.2) is 8.42 Å². The molecule has 1 amide bonds. The van der Waals surface area contributed by atoms with Gasteiger partial charge in [0, 0.05) is 60.9 Å². The van der Waals surface area contributed by atoms with Gasteiger partial charge in [0.1, 0.15) is 14.9 Å². The van der Waals surface area contributed by atoms with E-state index in [1.54, 1.807) is 53.5 Å². The first-order valence-electron chi connectivity index (χ1n) is 9.61. The van der Waals surface area contributed by atoms with E-state index < -0.39 is 10.0 Å². The minimum Gasteiger partial charge on any atom is -0.363 e. The van der Waals surface area contributed by atoms with Gasteiger partial charge < -0.3 is 9.80 Å². The average molecular weight is 532 g/mol. The molecule has 1 N–H and O–H groups in total. The highest BCUT2D eigenvalue weighted by atomic mass is 35.5. The van der Waals surface area contributed by atoms with Crippen molar-refractivity contribution in [1.29, 1.82) is 5.41 Å². The van der Waals surface area contributed by atoms with E-state index in [9.17, 15) is 13.2 Å². The maximum Gasteiger partial charge on any atom is 0.265 e. The molecule has 0 aliphatic carbocycles. The Hall–Kier alpha value is -1.69. The molecule has 1 aromatic carbocycles. The average Bonchev–Trinajstić information content (AvgIpc) is 3.36. The van der Waals surface area contributed by atoms with Gasteiger partial charge in [0.2, 0.25) is 0 Å². The molecule has 0 spiro atoms. The van der Waals surface area contributed by atoms with Crippen LogP contribution in [-0.4, -0.2) is 74.5 Å². The van der Waals surface area contributed by atoms with E-state index in [4.69, 9.17) is 28.6 Å². The lowest BCUT2D eigenvalue weighted by atomic mass is 10.2. The highest BCUT2D eigenvalue weighted by molar-refractivity contribution is 7.91. The first kappa shape index (κ1) is 23.5. The maximum absolute atomic E-state index is 13.1. The second-order valence-corrected chi connectivity index (χ2v) is 12.4. The van der Waals surface area contributed by atoms with E-state index in [1.165, 1.54) is 27.0 Å².